The number of aldehydes is 1. The van der Waals surface area contributed by atoms with Crippen molar-refractivity contribution in [2.75, 3.05) is 12.4 Å². The quantitative estimate of drug-likeness (QED) is 0.587. The lowest BCUT2D eigenvalue weighted by Gasteiger charge is -2.14. The molecule has 0 amide bonds. The maximum atomic E-state index is 11.4. The minimum Gasteiger partial charge on any atom is -0.388 e. The van der Waals surface area contributed by atoms with E-state index in [1.807, 2.05) is 50.4 Å². The maximum absolute atomic E-state index is 11.4. The summed E-state index contributed by atoms with van der Waals surface area (Å²) in [5.74, 6) is 0. The summed E-state index contributed by atoms with van der Waals surface area (Å²) < 4.78 is 0.952. The Bertz CT molecular complexity index is 686. The van der Waals surface area contributed by atoms with Gasteiger partial charge in [0, 0.05) is 29.0 Å². The lowest BCUT2D eigenvalue weighted by atomic mass is 10.0. The van der Waals surface area contributed by atoms with Crippen molar-refractivity contribution in [2.24, 2.45) is 4.99 Å². The van der Waals surface area contributed by atoms with Crippen molar-refractivity contribution in [3.8, 4) is 0 Å². The molecule has 120 valence electrons. The van der Waals surface area contributed by atoms with Crippen LogP contribution in [-0.2, 0) is 4.79 Å². The predicted molar refractivity (Wildman–Crippen MR) is 98.3 cm³/mol. The number of anilines is 1. The second-order valence-electron chi connectivity index (χ2n) is 5.12. The van der Waals surface area contributed by atoms with Crippen LogP contribution in [0, 0.1) is 0 Å². The fourth-order valence-corrected chi connectivity index (χ4v) is 2.69. The van der Waals surface area contributed by atoms with E-state index in [9.17, 15) is 4.79 Å². The highest BCUT2D eigenvalue weighted by molar-refractivity contribution is 9.10. The number of pyridine rings is 1. The molecule has 1 aromatic carbocycles. The number of nitrogens with one attached hydrogen (secondary N) is 1. The van der Waals surface area contributed by atoms with Crippen LogP contribution in [0.2, 0.25) is 0 Å². The fourth-order valence-electron chi connectivity index (χ4n) is 2.33. The Morgan fingerprint density at radius 2 is 2.22 bits per heavy atom. The average molecular weight is 374 g/mol. The molecule has 0 aliphatic carbocycles. The summed E-state index contributed by atoms with van der Waals surface area (Å²) >= 11 is 3.51. The number of hydrogen-bond donors (Lipinski definition) is 1. The number of hydrogen-bond acceptors (Lipinski definition) is 4. The summed E-state index contributed by atoms with van der Waals surface area (Å²) in [4.78, 5) is 20.5. The molecular formula is C18H20BrN3O. The minimum absolute atomic E-state index is 0.360. The van der Waals surface area contributed by atoms with Crippen molar-refractivity contribution in [2.45, 2.75) is 25.8 Å². The van der Waals surface area contributed by atoms with Gasteiger partial charge in [0.2, 0.25) is 0 Å². The summed E-state index contributed by atoms with van der Waals surface area (Å²) in [6, 6.07) is 11.3. The van der Waals surface area contributed by atoms with Crippen molar-refractivity contribution < 1.29 is 4.79 Å². The third-order valence-electron chi connectivity index (χ3n) is 3.45. The number of carbonyl (C=O) groups is 1. The highest BCUT2D eigenvalue weighted by Gasteiger charge is 2.15. The van der Waals surface area contributed by atoms with Crippen LogP contribution >= 0.6 is 15.9 Å². The molecule has 1 N–H and O–H groups in total. The van der Waals surface area contributed by atoms with E-state index in [0.717, 1.165) is 46.3 Å². The Kier molecular flexibility index (Phi) is 6.47. The second-order valence-corrected chi connectivity index (χ2v) is 6.04. The van der Waals surface area contributed by atoms with E-state index in [1.54, 1.807) is 6.20 Å². The van der Waals surface area contributed by atoms with Crippen molar-refractivity contribution in [1.29, 1.82) is 0 Å². The summed E-state index contributed by atoms with van der Waals surface area (Å²) in [5.41, 5.74) is 3.34. The van der Waals surface area contributed by atoms with E-state index in [2.05, 4.69) is 26.2 Å². The Morgan fingerprint density at radius 1 is 1.39 bits per heavy atom. The van der Waals surface area contributed by atoms with Gasteiger partial charge in [-0.25, -0.2) is 0 Å². The van der Waals surface area contributed by atoms with Gasteiger partial charge in [-0.1, -0.05) is 35.3 Å². The van der Waals surface area contributed by atoms with E-state index in [4.69, 9.17) is 4.99 Å². The van der Waals surface area contributed by atoms with Gasteiger partial charge in [0.05, 0.1) is 11.4 Å². The summed E-state index contributed by atoms with van der Waals surface area (Å²) in [5, 5.41) is 3.18. The molecule has 0 radical (unpaired) electrons. The van der Waals surface area contributed by atoms with Crippen molar-refractivity contribution >= 4 is 33.6 Å². The normalized spacial score (nSPS) is 12.7. The molecule has 0 fully saturated rings. The molecule has 1 heterocycles. The zero-order valence-corrected chi connectivity index (χ0v) is 14.9. The first kappa shape index (κ1) is 17.3. The monoisotopic (exact) mass is 373 g/mol. The first-order chi connectivity index (χ1) is 11.2. The van der Waals surface area contributed by atoms with E-state index >= 15 is 0 Å². The van der Waals surface area contributed by atoms with Gasteiger partial charge in [0.25, 0.3) is 0 Å². The van der Waals surface area contributed by atoms with Gasteiger partial charge in [-0.15, -0.1) is 0 Å². The van der Waals surface area contributed by atoms with E-state index in [0.29, 0.717) is 0 Å². The molecule has 0 aliphatic rings. The molecule has 23 heavy (non-hydrogen) atoms. The van der Waals surface area contributed by atoms with Crippen molar-refractivity contribution in [3.05, 3.63) is 58.3 Å². The molecular weight excluding hydrogens is 354 g/mol. The zero-order chi connectivity index (χ0) is 16.7. The molecule has 5 heteroatoms. The molecule has 0 saturated heterocycles. The third kappa shape index (κ3) is 4.48. The first-order valence-electron chi connectivity index (χ1n) is 7.61. The van der Waals surface area contributed by atoms with Crippen molar-refractivity contribution in [3.63, 3.8) is 0 Å². The molecule has 0 saturated carbocycles. The van der Waals surface area contributed by atoms with Crippen LogP contribution in [-0.4, -0.2) is 30.1 Å². The standard InChI is InChI=1S/C18H20BrN3O/c1-3-6-14(12-23)22-18(17-7-4-5-10-21-17)15-11-13(19)8-9-16(15)20-2/h4-5,7-12,14,20H,3,6H2,1-2H3/t14-/m0/s1. The highest BCUT2D eigenvalue weighted by atomic mass is 79.9. The van der Waals surface area contributed by atoms with Gasteiger partial charge in [0.15, 0.2) is 0 Å². The molecule has 1 aromatic heterocycles. The molecule has 0 bridgehead atoms. The number of benzene rings is 1. The van der Waals surface area contributed by atoms with Gasteiger partial charge >= 0.3 is 0 Å². The predicted octanol–water partition coefficient (Wildman–Crippen LogP) is 4.09. The van der Waals surface area contributed by atoms with Crippen LogP contribution in [0.25, 0.3) is 0 Å². The van der Waals surface area contributed by atoms with E-state index in [1.165, 1.54) is 0 Å². The third-order valence-corrected chi connectivity index (χ3v) is 3.94. The van der Waals surface area contributed by atoms with Gasteiger partial charge in [-0.3, -0.25) is 9.98 Å². The highest BCUT2D eigenvalue weighted by Crippen LogP contribution is 2.24. The van der Waals surface area contributed by atoms with Crippen molar-refractivity contribution in [1.82, 2.24) is 4.98 Å². The van der Waals surface area contributed by atoms with Crippen LogP contribution in [0.3, 0.4) is 0 Å². The number of carbonyl (C=O) groups excluding carboxylic acids is 1. The number of rotatable bonds is 7. The van der Waals surface area contributed by atoms with E-state index in [-0.39, 0.29) is 6.04 Å². The SMILES string of the molecule is CCC[C@@H](C=O)N=C(c1ccccn1)c1cc(Br)ccc1NC. The van der Waals surface area contributed by atoms with Crippen LogP contribution in [0.4, 0.5) is 5.69 Å². The maximum Gasteiger partial charge on any atom is 0.144 e. The molecule has 0 unspecified atom stereocenters. The molecule has 2 rings (SSSR count). The van der Waals surface area contributed by atoms with E-state index < -0.39 is 0 Å². The number of aromatic nitrogens is 1. The van der Waals surface area contributed by atoms with Gasteiger partial charge < -0.3 is 10.1 Å². The van der Waals surface area contributed by atoms with Gasteiger partial charge in [-0.05, 0) is 36.8 Å². The summed E-state index contributed by atoms with van der Waals surface area (Å²) in [7, 11) is 1.87. The molecule has 0 aliphatic heterocycles. The smallest absolute Gasteiger partial charge is 0.144 e. The fraction of sp³-hybridized carbons (Fsp3) is 0.278. The lowest BCUT2D eigenvalue weighted by molar-refractivity contribution is -0.108. The van der Waals surface area contributed by atoms with Crippen LogP contribution in [0.1, 0.15) is 31.0 Å². The molecule has 1 atom stereocenters. The molecule has 2 aromatic rings. The zero-order valence-electron chi connectivity index (χ0n) is 13.3. The van der Waals surface area contributed by atoms with Gasteiger partial charge in [0.1, 0.15) is 12.3 Å². The summed E-state index contributed by atoms with van der Waals surface area (Å²) in [6.45, 7) is 2.05. The molecule has 0 spiro atoms. The number of nitrogens with zero attached hydrogens (tertiary/aromatic N) is 2. The van der Waals surface area contributed by atoms with Crippen LogP contribution in [0.5, 0.6) is 0 Å². The van der Waals surface area contributed by atoms with Gasteiger partial charge in [-0.2, -0.15) is 0 Å². The Morgan fingerprint density at radius 3 is 2.83 bits per heavy atom. The van der Waals surface area contributed by atoms with Crippen LogP contribution < -0.4 is 5.32 Å². The first-order valence-corrected chi connectivity index (χ1v) is 8.41. The average Bonchev–Trinajstić information content (AvgIpc) is 2.59. The Balaban J connectivity index is 2.61. The Hall–Kier alpha value is -2.01. The second kappa shape index (κ2) is 8.58. The molecule has 4 nitrogen and oxygen atoms in total. The Labute approximate surface area is 145 Å². The summed E-state index contributed by atoms with van der Waals surface area (Å²) in [6.07, 6.45) is 4.27. The largest absolute Gasteiger partial charge is 0.388 e. The van der Waals surface area contributed by atoms with Crippen LogP contribution in [0.15, 0.2) is 52.1 Å². The number of halogens is 1. The minimum atomic E-state index is -0.360. The number of aliphatic imine (C=N–C) groups is 1. The lowest BCUT2D eigenvalue weighted by Crippen LogP contribution is -2.15. The topological polar surface area (TPSA) is 54.4 Å².